The van der Waals surface area contributed by atoms with Crippen LogP contribution in [0.15, 0.2) is 39.6 Å². The molecule has 0 aromatic carbocycles. The summed E-state index contributed by atoms with van der Waals surface area (Å²) in [6.07, 6.45) is 2.87. The van der Waals surface area contributed by atoms with Crippen LogP contribution in [0.3, 0.4) is 0 Å². The van der Waals surface area contributed by atoms with Gasteiger partial charge in [0.2, 0.25) is 15.6 Å². The minimum atomic E-state index is -3.61. The molecule has 0 aliphatic rings. The Morgan fingerprint density at radius 2 is 2.26 bits per heavy atom. The first-order chi connectivity index (χ1) is 8.99. The predicted molar refractivity (Wildman–Crippen MR) is 72.8 cm³/mol. The fraction of sp³-hybridized carbons (Fsp3) is 0.273. The van der Waals surface area contributed by atoms with Crippen LogP contribution in [0.5, 0.6) is 0 Å². The number of H-pyrrole nitrogens is 1. The van der Waals surface area contributed by atoms with Gasteiger partial charge in [-0.1, -0.05) is 6.92 Å². The van der Waals surface area contributed by atoms with Gasteiger partial charge in [-0.2, -0.15) is 0 Å². The zero-order valence-corrected chi connectivity index (χ0v) is 11.8. The van der Waals surface area contributed by atoms with Gasteiger partial charge in [-0.25, -0.2) is 18.1 Å². The second kappa shape index (κ2) is 5.64. The molecule has 1 atom stereocenters. The number of aromatic nitrogens is 2. The number of pyridine rings is 1. The van der Waals surface area contributed by atoms with Crippen molar-refractivity contribution in [1.29, 1.82) is 0 Å². The minimum absolute atomic E-state index is 0.00228. The molecule has 6 nitrogen and oxygen atoms in total. The Hall–Kier alpha value is -1.51. The monoisotopic (exact) mass is 299 g/mol. The van der Waals surface area contributed by atoms with Crippen LogP contribution in [0.4, 0.5) is 0 Å². The number of aromatic amines is 1. The molecule has 0 aliphatic carbocycles. The van der Waals surface area contributed by atoms with Crippen molar-refractivity contribution in [3.8, 4) is 0 Å². The normalized spacial score (nSPS) is 13.3. The molecule has 2 rings (SSSR count). The van der Waals surface area contributed by atoms with Crippen molar-refractivity contribution in [3.05, 3.63) is 45.3 Å². The molecule has 0 spiro atoms. The average molecular weight is 299 g/mol. The molecule has 1 unspecified atom stereocenters. The molecule has 2 N–H and O–H groups in total. The fourth-order valence-electron chi connectivity index (χ4n) is 1.45. The molecule has 2 aromatic rings. The van der Waals surface area contributed by atoms with Crippen LogP contribution in [0.25, 0.3) is 0 Å². The number of nitrogens with zero attached hydrogens (tertiary/aromatic N) is 1. The Morgan fingerprint density at radius 3 is 2.84 bits per heavy atom. The van der Waals surface area contributed by atoms with Gasteiger partial charge in [0, 0.05) is 36.3 Å². The largest absolute Gasteiger partial charge is 0.328 e. The van der Waals surface area contributed by atoms with Crippen molar-refractivity contribution in [2.75, 3.05) is 6.54 Å². The number of hydrogen-bond acceptors (Lipinski definition) is 5. The van der Waals surface area contributed by atoms with Crippen molar-refractivity contribution in [3.63, 3.8) is 0 Å². The highest BCUT2D eigenvalue weighted by Crippen LogP contribution is 2.17. The molecule has 19 heavy (non-hydrogen) atoms. The van der Waals surface area contributed by atoms with Crippen LogP contribution in [0, 0.1) is 0 Å². The maximum Gasteiger partial charge on any atom is 0.247 e. The molecule has 0 aliphatic heterocycles. The lowest BCUT2D eigenvalue weighted by Gasteiger charge is -2.10. The van der Waals surface area contributed by atoms with Crippen molar-refractivity contribution < 1.29 is 8.42 Å². The second-order valence-electron chi connectivity index (χ2n) is 4.01. The maximum atomic E-state index is 12.0. The van der Waals surface area contributed by atoms with E-state index in [2.05, 4.69) is 14.7 Å². The Kier molecular flexibility index (Phi) is 4.13. The summed E-state index contributed by atoms with van der Waals surface area (Å²) < 4.78 is 26.4. The minimum Gasteiger partial charge on any atom is -0.328 e. The third kappa shape index (κ3) is 3.49. The van der Waals surface area contributed by atoms with Gasteiger partial charge < -0.3 is 4.98 Å². The Bertz CT molecular complexity index is 672. The highest BCUT2D eigenvalue weighted by molar-refractivity contribution is 7.89. The van der Waals surface area contributed by atoms with Gasteiger partial charge in [-0.3, -0.25) is 4.79 Å². The molecule has 0 amide bonds. The average Bonchev–Trinajstić information content (AvgIpc) is 2.90. The number of thiazole rings is 1. The van der Waals surface area contributed by atoms with Crippen molar-refractivity contribution in [1.82, 2.24) is 14.7 Å². The van der Waals surface area contributed by atoms with Crippen molar-refractivity contribution in [2.24, 2.45) is 0 Å². The molecule has 0 saturated heterocycles. The van der Waals surface area contributed by atoms with Crippen molar-refractivity contribution in [2.45, 2.75) is 17.7 Å². The smallest absolute Gasteiger partial charge is 0.247 e. The van der Waals surface area contributed by atoms with Crippen LogP contribution in [0.2, 0.25) is 0 Å². The lowest BCUT2D eigenvalue weighted by atomic mass is 10.2. The van der Waals surface area contributed by atoms with Gasteiger partial charge in [0.1, 0.15) is 0 Å². The molecule has 0 radical (unpaired) electrons. The second-order valence-corrected chi connectivity index (χ2v) is 6.71. The maximum absolute atomic E-state index is 12.0. The van der Waals surface area contributed by atoms with Crippen molar-refractivity contribution >= 4 is 21.4 Å². The third-order valence-electron chi connectivity index (χ3n) is 2.52. The summed E-state index contributed by atoms with van der Waals surface area (Å²) in [5, 5.41) is 2.73. The first-order valence-corrected chi connectivity index (χ1v) is 7.93. The van der Waals surface area contributed by atoms with Crippen LogP contribution in [0.1, 0.15) is 17.8 Å². The molecule has 0 fully saturated rings. The predicted octanol–water partition coefficient (Wildman–Crippen LogP) is 0.913. The van der Waals surface area contributed by atoms with Gasteiger partial charge in [0.25, 0.3) is 0 Å². The summed E-state index contributed by atoms with van der Waals surface area (Å²) in [6.45, 7) is 2.16. The van der Waals surface area contributed by atoms with Gasteiger partial charge in [0.15, 0.2) is 0 Å². The summed E-state index contributed by atoms with van der Waals surface area (Å²) in [5.74, 6) is -0.00228. The number of sulfonamides is 1. The number of nitrogens with one attached hydrogen (secondary N) is 2. The van der Waals surface area contributed by atoms with E-state index in [-0.39, 0.29) is 22.9 Å². The first kappa shape index (κ1) is 13.9. The standard InChI is InChI=1S/C11H13N3O3S2/c1-8(11-12-4-5-18-11)6-14-19(16,17)9-2-3-10(15)13-7-9/h2-5,7-8,14H,6H2,1H3,(H,13,15). The number of rotatable bonds is 5. The SMILES string of the molecule is CC(CNS(=O)(=O)c1ccc(=O)[nH]c1)c1nccs1. The molecule has 2 aromatic heterocycles. The summed E-state index contributed by atoms with van der Waals surface area (Å²) in [4.78, 5) is 17.4. The molecule has 8 heteroatoms. The Morgan fingerprint density at radius 1 is 1.47 bits per heavy atom. The zero-order valence-electron chi connectivity index (χ0n) is 10.2. The van der Waals surface area contributed by atoms with Gasteiger partial charge in [0.05, 0.1) is 9.90 Å². The van der Waals surface area contributed by atoms with E-state index in [0.29, 0.717) is 0 Å². The van der Waals surface area contributed by atoms with Gasteiger partial charge >= 0.3 is 0 Å². The van der Waals surface area contributed by atoms with Crippen LogP contribution in [-0.2, 0) is 10.0 Å². The summed E-state index contributed by atoms with van der Waals surface area (Å²) in [6, 6.07) is 2.45. The molecular weight excluding hydrogens is 286 g/mol. The molecular formula is C11H13N3O3S2. The quantitative estimate of drug-likeness (QED) is 0.858. The van der Waals surface area contributed by atoms with E-state index in [9.17, 15) is 13.2 Å². The highest BCUT2D eigenvalue weighted by Gasteiger charge is 2.16. The first-order valence-electron chi connectivity index (χ1n) is 5.57. The summed E-state index contributed by atoms with van der Waals surface area (Å²) >= 11 is 1.49. The van der Waals surface area contributed by atoms with Gasteiger partial charge in [-0.05, 0) is 6.07 Å². The van der Waals surface area contributed by atoms with E-state index in [1.165, 1.54) is 29.7 Å². The lowest BCUT2D eigenvalue weighted by molar-refractivity contribution is 0.574. The summed E-state index contributed by atoms with van der Waals surface area (Å²) in [7, 11) is -3.61. The zero-order chi connectivity index (χ0) is 13.9. The lowest BCUT2D eigenvalue weighted by Crippen LogP contribution is -2.28. The molecule has 2 heterocycles. The van der Waals surface area contributed by atoms with Crippen LogP contribution in [-0.4, -0.2) is 24.9 Å². The van der Waals surface area contributed by atoms with E-state index >= 15 is 0 Å². The van der Waals surface area contributed by atoms with Crippen LogP contribution < -0.4 is 10.3 Å². The molecule has 0 saturated carbocycles. The third-order valence-corrected chi connectivity index (χ3v) is 4.95. The van der Waals surface area contributed by atoms with E-state index in [1.807, 2.05) is 12.3 Å². The van der Waals surface area contributed by atoms with E-state index in [4.69, 9.17) is 0 Å². The van der Waals surface area contributed by atoms with Crippen LogP contribution >= 0.6 is 11.3 Å². The fourth-order valence-corrected chi connectivity index (χ4v) is 3.24. The van der Waals surface area contributed by atoms with Gasteiger partial charge in [-0.15, -0.1) is 11.3 Å². The summed E-state index contributed by atoms with van der Waals surface area (Å²) in [5.41, 5.74) is -0.338. The Labute approximate surface area is 114 Å². The van der Waals surface area contributed by atoms with E-state index in [0.717, 1.165) is 5.01 Å². The molecule has 102 valence electrons. The molecule has 0 bridgehead atoms. The highest BCUT2D eigenvalue weighted by atomic mass is 32.2. The van der Waals surface area contributed by atoms with E-state index in [1.54, 1.807) is 6.20 Å². The topological polar surface area (TPSA) is 91.9 Å². The number of hydrogen-bond donors (Lipinski definition) is 2. The Balaban J connectivity index is 2.06. The van der Waals surface area contributed by atoms with E-state index < -0.39 is 10.0 Å².